The van der Waals surface area contributed by atoms with E-state index >= 15 is 0 Å². The van der Waals surface area contributed by atoms with Crippen LogP contribution in [-0.4, -0.2) is 37.7 Å². The molecule has 0 radical (unpaired) electrons. The second-order valence-corrected chi connectivity index (χ2v) is 7.57. The molecule has 1 heterocycles. The molecule has 1 amide bonds. The third-order valence-electron chi connectivity index (χ3n) is 5.85. The molecule has 27 heavy (non-hydrogen) atoms. The van der Waals surface area contributed by atoms with Gasteiger partial charge in [-0.25, -0.2) is 0 Å². The van der Waals surface area contributed by atoms with Gasteiger partial charge >= 0.3 is 0 Å². The van der Waals surface area contributed by atoms with Crippen LogP contribution in [0.25, 0.3) is 0 Å². The molecule has 5 heteroatoms. The van der Waals surface area contributed by atoms with Crippen molar-refractivity contribution in [2.24, 2.45) is 5.73 Å². The first-order valence-corrected chi connectivity index (χ1v) is 9.72. The maximum absolute atomic E-state index is 12.5. The first kappa shape index (κ1) is 18.0. The van der Waals surface area contributed by atoms with E-state index in [1.165, 1.54) is 5.56 Å². The van der Waals surface area contributed by atoms with Crippen LogP contribution >= 0.6 is 0 Å². The lowest BCUT2D eigenvalue weighted by Gasteiger charge is -2.28. The van der Waals surface area contributed by atoms with Gasteiger partial charge in [-0.15, -0.1) is 0 Å². The number of rotatable bonds is 5. The summed E-state index contributed by atoms with van der Waals surface area (Å²) >= 11 is 0. The predicted octanol–water partition coefficient (Wildman–Crippen LogP) is 3.37. The molecule has 2 atom stereocenters. The molecule has 3 N–H and O–H groups in total. The van der Waals surface area contributed by atoms with Gasteiger partial charge in [0, 0.05) is 41.5 Å². The normalized spacial score (nSPS) is 24.5. The summed E-state index contributed by atoms with van der Waals surface area (Å²) in [5.41, 5.74) is 10.1. The van der Waals surface area contributed by atoms with Crippen LogP contribution in [0.5, 0.6) is 0 Å². The van der Waals surface area contributed by atoms with Crippen LogP contribution in [0.2, 0.25) is 0 Å². The Labute approximate surface area is 160 Å². The molecule has 1 saturated carbocycles. The third kappa shape index (κ3) is 3.84. The fraction of sp³-hybridized carbons (Fsp3) is 0.409. The van der Waals surface area contributed by atoms with Crippen molar-refractivity contribution in [2.45, 2.75) is 31.2 Å². The van der Waals surface area contributed by atoms with E-state index in [2.05, 4.69) is 29.3 Å². The molecule has 0 spiro atoms. The van der Waals surface area contributed by atoms with Crippen LogP contribution in [0.3, 0.4) is 0 Å². The molecular weight excluding hydrogens is 338 g/mol. The lowest BCUT2D eigenvalue weighted by atomic mass is 10.0. The van der Waals surface area contributed by atoms with Gasteiger partial charge in [-0.1, -0.05) is 19.1 Å². The molecule has 2 aromatic rings. The van der Waals surface area contributed by atoms with Crippen LogP contribution in [-0.2, 0) is 4.74 Å². The number of amides is 1. The van der Waals surface area contributed by atoms with E-state index in [1.54, 1.807) is 0 Å². The summed E-state index contributed by atoms with van der Waals surface area (Å²) < 4.78 is 5.38. The highest BCUT2D eigenvalue weighted by Gasteiger charge is 2.49. The lowest BCUT2D eigenvalue weighted by Crippen LogP contribution is -2.36. The standard InChI is InChI=1S/C22H27N3O2/c1-2-22(23)15-20(22)16-3-7-18(8-4-16)24-21(26)17-5-9-19(10-6-17)25-11-13-27-14-12-25/h3-10,20H,2,11-15,23H2,1H3,(H,24,26)/t20-,22+/m0/s1. The average Bonchev–Trinajstić information content (AvgIpc) is 3.41. The van der Waals surface area contributed by atoms with Gasteiger partial charge in [0.15, 0.2) is 0 Å². The van der Waals surface area contributed by atoms with Crippen molar-refractivity contribution in [3.05, 3.63) is 59.7 Å². The highest BCUT2D eigenvalue weighted by atomic mass is 16.5. The summed E-state index contributed by atoms with van der Waals surface area (Å²) in [5, 5.41) is 2.97. The number of nitrogens with zero attached hydrogens (tertiary/aromatic N) is 1. The van der Waals surface area contributed by atoms with Gasteiger partial charge in [0.05, 0.1) is 13.2 Å². The van der Waals surface area contributed by atoms with E-state index in [-0.39, 0.29) is 11.4 Å². The van der Waals surface area contributed by atoms with E-state index in [0.717, 1.165) is 50.5 Å². The minimum absolute atomic E-state index is 0.0347. The number of hydrogen-bond donors (Lipinski definition) is 2. The summed E-state index contributed by atoms with van der Waals surface area (Å²) in [4.78, 5) is 14.8. The number of anilines is 2. The van der Waals surface area contributed by atoms with Crippen LogP contribution in [0.4, 0.5) is 11.4 Å². The maximum Gasteiger partial charge on any atom is 0.255 e. The summed E-state index contributed by atoms with van der Waals surface area (Å²) in [7, 11) is 0. The van der Waals surface area contributed by atoms with Crippen molar-refractivity contribution in [3.63, 3.8) is 0 Å². The van der Waals surface area contributed by atoms with Crippen LogP contribution in [0.1, 0.15) is 41.6 Å². The minimum atomic E-state index is -0.0931. The average molecular weight is 365 g/mol. The number of morpholine rings is 1. The number of benzene rings is 2. The Morgan fingerprint density at radius 2 is 1.81 bits per heavy atom. The van der Waals surface area contributed by atoms with E-state index in [4.69, 9.17) is 10.5 Å². The fourth-order valence-electron chi connectivity index (χ4n) is 3.81. The molecule has 2 aromatic carbocycles. The van der Waals surface area contributed by atoms with E-state index in [0.29, 0.717) is 11.5 Å². The zero-order valence-electron chi connectivity index (χ0n) is 15.8. The highest BCUT2D eigenvalue weighted by Crippen LogP contribution is 2.51. The molecule has 1 aliphatic heterocycles. The zero-order valence-corrected chi connectivity index (χ0v) is 15.8. The van der Waals surface area contributed by atoms with Crippen molar-refractivity contribution < 1.29 is 9.53 Å². The van der Waals surface area contributed by atoms with Crippen molar-refractivity contribution in [2.75, 3.05) is 36.5 Å². The Morgan fingerprint density at radius 3 is 2.41 bits per heavy atom. The molecule has 1 saturated heterocycles. The summed E-state index contributed by atoms with van der Waals surface area (Å²) in [6.45, 7) is 5.42. The van der Waals surface area contributed by atoms with Gasteiger partial charge in [-0.2, -0.15) is 0 Å². The zero-order chi connectivity index (χ0) is 18.9. The molecule has 142 valence electrons. The van der Waals surface area contributed by atoms with E-state index in [9.17, 15) is 4.79 Å². The number of carbonyl (C=O) groups is 1. The van der Waals surface area contributed by atoms with Gasteiger partial charge in [-0.3, -0.25) is 4.79 Å². The Hall–Kier alpha value is -2.37. The first-order chi connectivity index (χ1) is 13.1. The molecule has 0 bridgehead atoms. The summed E-state index contributed by atoms with van der Waals surface area (Å²) in [6.07, 6.45) is 2.04. The van der Waals surface area contributed by atoms with Crippen molar-refractivity contribution in [1.82, 2.24) is 0 Å². The predicted molar refractivity (Wildman–Crippen MR) is 108 cm³/mol. The first-order valence-electron chi connectivity index (χ1n) is 9.72. The van der Waals surface area contributed by atoms with Crippen molar-refractivity contribution in [1.29, 1.82) is 0 Å². The van der Waals surface area contributed by atoms with Gasteiger partial charge in [0.25, 0.3) is 5.91 Å². The Bertz CT molecular complexity index is 797. The minimum Gasteiger partial charge on any atom is -0.378 e. The molecule has 4 rings (SSSR count). The number of ether oxygens (including phenoxy) is 1. The van der Waals surface area contributed by atoms with Gasteiger partial charge in [0.2, 0.25) is 0 Å². The number of nitrogens with two attached hydrogens (primary N) is 1. The van der Waals surface area contributed by atoms with E-state index in [1.807, 2.05) is 36.4 Å². The second-order valence-electron chi connectivity index (χ2n) is 7.57. The van der Waals surface area contributed by atoms with Crippen molar-refractivity contribution in [3.8, 4) is 0 Å². The number of nitrogens with one attached hydrogen (secondary N) is 1. The van der Waals surface area contributed by atoms with Gasteiger partial charge < -0.3 is 20.7 Å². The molecule has 2 fully saturated rings. The van der Waals surface area contributed by atoms with Crippen LogP contribution < -0.4 is 16.0 Å². The number of carbonyl (C=O) groups excluding carboxylic acids is 1. The quantitative estimate of drug-likeness (QED) is 0.852. The largest absolute Gasteiger partial charge is 0.378 e. The monoisotopic (exact) mass is 365 g/mol. The molecule has 0 unspecified atom stereocenters. The third-order valence-corrected chi connectivity index (χ3v) is 5.85. The molecule has 0 aromatic heterocycles. The van der Waals surface area contributed by atoms with Gasteiger partial charge in [0.1, 0.15) is 0 Å². The summed E-state index contributed by atoms with van der Waals surface area (Å²) in [6, 6.07) is 15.8. The topological polar surface area (TPSA) is 67.6 Å². The Balaban J connectivity index is 1.37. The lowest BCUT2D eigenvalue weighted by molar-refractivity contribution is 0.102. The van der Waals surface area contributed by atoms with Gasteiger partial charge in [-0.05, 0) is 54.8 Å². The maximum atomic E-state index is 12.5. The second kappa shape index (κ2) is 7.33. The van der Waals surface area contributed by atoms with Crippen molar-refractivity contribution >= 4 is 17.3 Å². The highest BCUT2D eigenvalue weighted by molar-refractivity contribution is 6.04. The molecular formula is C22H27N3O2. The Morgan fingerprint density at radius 1 is 1.15 bits per heavy atom. The summed E-state index contributed by atoms with van der Waals surface area (Å²) in [5.74, 6) is 0.351. The molecule has 5 nitrogen and oxygen atoms in total. The van der Waals surface area contributed by atoms with E-state index < -0.39 is 0 Å². The molecule has 2 aliphatic rings. The molecule has 1 aliphatic carbocycles. The van der Waals surface area contributed by atoms with Crippen LogP contribution in [0, 0.1) is 0 Å². The fourth-order valence-corrected chi connectivity index (χ4v) is 3.81. The Kier molecular flexibility index (Phi) is 4.89. The smallest absolute Gasteiger partial charge is 0.255 e. The SMILES string of the molecule is CC[C@@]1(N)C[C@H]1c1ccc(NC(=O)c2ccc(N3CCOCC3)cc2)cc1. The van der Waals surface area contributed by atoms with Crippen LogP contribution in [0.15, 0.2) is 48.5 Å². The number of hydrogen-bond acceptors (Lipinski definition) is 4.